The van der Waals surface area contributed by atoms with Gasteiger partial charge >= 0.3 is 12.1 Å². The largest absolute Gasteiger partial charge is 0.480 e. The van der Waals surface area contributed by atoms with Crippen LogP contribution < -0.4 is 5.32 Å². The zero-order valence-corrected chi connectivity index (χ0v) is 19.5. The van der Waals surface area contributed by atoms with E-state index < -0.39 is 12.1 Å². The van der Waals surface area contributed by atoms with Crippen molar-refractivity contribution in [3.05, 3.63) is 59.7 Å². The van der Waals surface area contributed by atoms with E-state index in [0.717, 1.165) is 6.42 Å². The number of carboxylic acid groups (broad SMARTS) is 1. The third-order valence-corrected chi connectivity index (χ3v) is 7.29. The van der Waals surface area contributed by atoms with Gasteiger partial charge in [-0.3, -0.25) is 4.79 Å². The number of nitrogens with zero attached hydrogens (tertiary/aromatic N) is 1. The number of carboxylic acids is 1. The lowest BCUT2D eigenvalue weighted by Crippen LogP contribution is -2.42. The van der Waals surface area contributed by atoms with E-state index in [4.69, 9.17) is 14.6 Å². The summed E-state index contributed by atoms with van der Waals surface area (Å²) in [5.41, 5.74) is 4.72. The first-order valence-electron chi connectivity index (χ1n) is 12.2. The fourth-order valence-electron chi connectivity index (χ4n) is 5.31. The molecule has 1 aliphatic heterocycles. The van der Waals surface area contributed by atoms with E-state index in [9.17, 15) is 14.4 Å². The predicted molar refractivity (Wildman–Crippen MR) is 128 cm³/mol. The van der Waals surface area contributed by atoms with E-state index in [0.29, 0.717) is 32.5 Å². The molecule has 0 unspecified atom stereocenters. The molecule has 1 heterocycles. The van der Waals surface area contributed by atoms with Gasteiger partial charge in [-0.2, -0.15) is 0 Å². The summed E-state index contributed by atoms with van der Waals surface area (Å²) >= 11 is 0. The number of carbonyl (C=O) groups excluding carboxylic acids is 2. The lowest BCUT2D eigenvalue weighted by atomic mass is 9.98. The lowest BCUT2D eigenvalue weighted by molar-refractivity contribution is -0.147. The zero-order chi connectivity index (χ0) is 24.4. The minimum atomic E-state index is -0.978. The first kappa shape index (κ1) is 23.4. The Morgan fingerprint density at radius 1 is 0.971 bits per heavy atom. The van der Waals surface area contributed by atoms with Crippen molar-refractivity contribution in [2.24, 2.45) is 11.8 Å². The number of alkyl carbamates (subject to hydrolysis) is 1. The molecule has 2 N–H and O–H groups in total. The molecule has 2 aromatic carbocycles. The third kappa shape index (κ3) is 5.17. The highest BCUT2D eigenvalue weighted by Gasteiger charge is 2.45. The number of amides is 2. The van der Waals surface area contributed by atoms with Crippen LogP contribution in [0, 0.1) is 11.8 Å². The number of ether oxygens (including phenoxy) is 2. The van der Waals surface area contributed by atoms with Crippen molar-refractivity contribution in [3.8, 4) is 11.1 Å². The molecule has 0 spiro atoms. The Labute approximate surface area is 204 Å². The van der Waals surface area contributed by atoms with Crippen LogP contribution in [-0.2, 0) is 19.1 Å². The van der Waals surface area contributed by atoms with Crippen LogP contribution in [0.25, 0.3) is 11.1 Å². The fraction of sp³-hybridized carbons (Fsp3) is 0.444. The zero-order valence-electron chi connectivity index (χ0n) is 19.5. The van der Waals surface area contributed by atoms with Crippen LogP contribution in [-0.4, -0.2) is 66.9 Å². The minimum Gasteiger partial charge on any atom is -0.480 e. The number of likely N-dealkylation sites (tertiary alicyclic amines) is 1. The molecule has 1 saturated heterocycles. The quantitative estimate of drug-likeness (QED) is 0.604. The van der Waals surface area contributed by atoms with Gasteiger partial charge in [0.25, 0.3) is 0 Å². The van der Waals surface area contributed by atoms with Crippen LogP contribution in [0.2, 0.25) is 0 Å². The molecule has 1 saturated carbocycles. The van der Waals surface area contributed by atoms with Gasteiger partial charge in [0, 0.05) is 31.5 Å². The molecule has 184 valence electrons. The van der Waals surface area contributed by atoms with Crippen molar-refractivity contribution >= 4 is 18.0 Å². The highest BCUT2D eigenvalue weighted by Crippen LogP contribution is 2.44. The molecule has 5 rings (SSSR count). The standard InChI is InChI=1S/C27H30N2O6/c30-25(31)16-34-18-9-11-29(12-10-18)26(32)23-13-17(23)14-28-27(33)35-15-24-21-7-3-1-5-19(21)20-6-2-4-8-22(20)24/h1-8,17-18,23-24H,9-16H2,(H,28,33)(H,30,31)/t17-,23-/m1/s1. The second-order valence-electron chi connectivity index (χ2n) is 9.54. The van der Waals surface area contributed by atoms with Crippen molar-refractivity contribution in [2.45, 2.75) is 31.3 Å². The van der Waals surface area contributed by atoms with E-state index >= 15 is 0 Å². The molecule has 2 fully saturated rings. The van der Waals surface area contributed by atoms with Gasteiger partial charge in [0.1, 0.15) is 13.2 Å². The molecular formula is C27H30N2O6. The summed E-state index contributed by atoms with van der Waals surface area (Å²) in [6.07, 6.45) is 1.49. The number of carbonyl (C=O) groups is 3. The summed E-state index contributed by atoms with van der Waals surface area (Å²) in [6.45, 7) is 1.54. The monoisotopic (exact) mass is 478 g/mol. The van der Waals surface area contributed by atoms with Crippen LogP contribution in [0.4, 0.5) is 4.79 Å². The van der Waals surface area contributed by atoms with Gasteiger partial charge in [-0.1, -0.05) is 48.5 Å². The molecule has 3 aliphatic rings. The van der Waals surface area contributed by atoms with Gasteiger partial charge in [-0.15, -0.1) is 0 Å². The molecule has 35 heavy (non-hydrogen) atoms. The topological polar surface area (TPSA) is 105 Å². The molecule has 2 atom stereocenters. The maximum atomic E-state index is 12.8. The number of nitrogens with one attached hydrogen (secondary N) is 1. The smallest absolute Gasteiger partial charge is 0.407 e. The van der Waals surface area contributed by atoms with Crippen LogP contribution >= 0.6 is 0 Å². The van der Waals surface area contributed by atoms with Gasteiger partial charge in [-0.25, -0.2) is 9.59 Å². The molecule has 8 nitrogen and oxygen atoms in total. The average molecular weight is 479 g/mol. The molecule has 0 aromatic heterocycles. The first-order valence-corrected chi connectivity index (χ1v) is 12.2. The second-order valence-corrected chi connectivity index (χ2v) is 9.54. The minimum absolute atomic E-state index is 0.0193. The Balaban J connectivity index is 1.05. The third-order valence-electron chi connectivity index (χ3n) is 7.29. The molecule has 8 heteroatoms. The predicted octanol–water partition coefficient (Wildman–Crippen LogP) is 3.25. The Morgan fingerprint density at radius 2 is 1.60 bits per heavy atom. The Morgan fingerprint density at radius 3 is 2.23 bits per heavy atom. The number of fused-ring (bicyclic) bond motifs is 3. The van der Waals surface area contributed by atoms with Crippen molar-refractivity contribution in [1.82, 2.24) is 10.2 Å². The molecule has 2 aromatic rings. The van der Waals surface area contributed by atoms with E-state index in [1.807, 2.05) is 29.2 Å². The van der Waals surface area contributed by atoms with E-state index in [1.54, 1.807) is 0 Å². The maximum absolute atomic E-state index is 12.8. The lowest BCUT2D eigenvalue weighted by Gasteiger charge is -2.32. The van der Waals surface area contributed by atoms with Gasteiger partial charge in [0.05, 0.1) is 6.10 Å². The van der Waals surface area contributed by atoms with E-state index in [-0.39, 0.29) is 43.0 Å². The van der Waals surface area contributed by atoms with Crippen LogP contribution in [0.1, 0.15) is 36.3 Å². The van der Waals surface area contributed by atoms with Crippen molar-refractivity contribution < 1.29 is 29.0 Å². The van der Waals surface area contributed by atoms with Crippen LogP contribution in [0.15, 0.2) is 48.5 Å². The number of hydrogen-bond acceptors (Lipinski definition) is 5. The highest BCUT2D eigenvalue weighted by atomic mass is 16.5. The number of piperidine rings is 1. The summed E-state index contributed by atoms with van der Waals surface area (Å²) < 4.78 is 10.9. The van der Waals surface area contributed by atoms with Crippen molar-refractivity contribution in [3.63, 3.8) is 0 Å². The summed E-state index contributed by atoms with van der Waals surface area (Å²) in [7, 11) is 0. The molecule has 0 bridgehead atoms. The Hall–Kier alpha value is -3.39. The van der Waals surface area contributed by atoms with Crippen LogP contribution in [0.5, 0.6) is 0 Å². The van der Waals surface area contributed by atoms with Gasteiger partial charge in [-0.05, 0) is 47.4 Å². The summed E-state index contributed by atoms with van der Waals surface area (Å²) in [6, 6.07) is 16.4. The van der Waals surface area contributed by atoms with Crippen LogP contribution in [0.3, 0.4) is 0 Å². The van der Waals surface area contributed by atoms with E-state index in [1.165, 1.54) is 22.3 Å². The van der Waals surface area contributed by atoms with Gasteiger partial charge in [0.2, 0.25) is 5.91 Å². The second kappa shape index (κ2) is 10.1. The number of rotatable bonds is 8. The normalized spacial score (nSPS) is 21.2. The fourth-order valence-corrected chi connectivity index (χ4v) is 5.31. The molecule has 2 amide bonds. The molecule has 2 aliphatic carbocycles. The SMILES string of the molecule is O=C(O)COC1CCN(C(=O)[C@@H]2C[C@@H]2CNC(=O)OCC2c3ccccc3-c3ccccc32)CC1. The summed E-state index contributed by atoms with van der Waals surface area (Å²) in [4.78, 5) is 37.6. The molecule has 0 radical (unpaired) electrons. The number of aliphatic carboxylic acids is 1. The average Bonchev–Trinajstić information content (AvgIpc) is 3.59. The van der Waals surface area contributed by atoms with Gasteiger partial charge < -0.3 is 24.8 Å². The molecular weight excluding hydrogens is 448 g/mol. The van der Waals surface area contributed by atoms with Crippen molar-refractivity contribution in [1.29, 1.82) is 0 Å². The maximum Gasteiger partial charge on any atom is 0.407 e. The van der Waals surface area contributed by atoms with E-state index in [2.05, 4.69) is 29.6 Å². The summed E-state index contributed by atoms with van der Waals surface area (Å²) in [5, 5.41) is 11.6. The summed E-state index contributed by atoms with van der Waals surface area (Å²) in [5.74, 6) is -0.788. The Kier molecular flexibility index (Phi) is 6.72. The number of benzene rings is 2. The first-order chi connectivity index (χ1) is 17.0. The van der Waals surface area contributed by atoms with Gasteiger partial charge in [0.15, 0.2) is 0 Å². The number of hydrogen-bond donors (Lipinski definition) is 2. The Bertz CT molecular complexity index is 1060. The highest BCUT2D eigenvalue weighted by molar-refractivity contribution is 5.82. The van der Waals surface area contributed by atoms with Crippen molar-refractivity contribution in [2.75, 3.05) is 32.8 Å².